The molecule has 6 heteroatoms. The van der Waals surface area contributed by atoms with Crippen LogP contribution in [0.15, 0.2) is 65.2 Å². The maximum atomic E-state index is 12.5. The van der Waals surface area contributed by atoms with Gasteiger partial charge in [-0.05, 0) is 12.1 Å². The third kappa shape index (κ3) is 4.40. The highest BCUT2D eigenvalue weighted by Crippen LogP contribution is 2.26. The summed E-state index contributed by atoms with van der Waals surface area (Å²) in [5, 5.41) is 3.03. The predicted molar refractivity (Wildman–Crippen MR) is 108 cm³/mol. The summed E-state index contributed by atoms with van der Waals surface area (Å²) in [6.45, 7) is 3.06. The van der Waals surface area contributed by atoms with Crippen molar-refractivity contribution in [1.29, 1.82) is 0 Å². The number of nitrogens with one attached hydrogen (secondary N) is 1. The number of amides is 1. The zero-order valence-corrected chi connectivity index (χ0v) is 15.6. The van der Waals surface area contributed by atoms with Crippen molar-refractivity contribution in [2.45, 2.75) is 12.8 Å². The Hall–Kier alpha value is -3.12. The fourth-order valence-corrected chi connectivity index (χ4v) is 3.25. The summed E-state index contributed by atoms with van der Waals surface area (Å²) < 4.78 is 11.2. The van der Waals surface area contributed by atoms with Crippen LogP contribution in [0.3, 0.4) is 0 Å². The van der Waals surface area contributed by atoms with Crippen LogP contribution < -0.4 is 10.2 Å². The molecule has 0 atom stereocenters. The van der Waals surface area contributed by atoms with Gasteiger partial charge in [0.2, 0.25) is 5.91 Å². The summed E-state index contributed by atoms with van der Waals surface area (Å²) in [7, 11) is 0. The molecule has 6 nitrogen and oxygen atoms in total. The van der Waals surface area contributed by atoms with Gasteiger partial charge < -0.3 is 19.4 Å². The Morgan fingerprint density at radius 1 is 1.04 bits per heavy atom. The minimum atomic E-state index is -0.0554. The second-order valence-electron chi connectivity index (χ2n) is 6.65. The van der Waals surface area contributed by atoms with Gasteiger partial charge in [-0.2, -0.15) is 0 Å². The van der Waals surface area contributed by atoms with Gasteiger partial charge in [-0.25, -0.2) is 4.98 Å². The second-order valence-corrected chi connectivity index (χ2v) is 6.65. The lowest BCUT2D eigenvalue weighted by Crippen LogP contribution is -2.36. The van der Waals surface area contributed by atoms with E-state index >= 15 is 0 Å². The van der Waals surface area contributed by atoms with Crippen LogP contribution >= 0.6 is 0 Å². The van der Waals surface area contributed by atoms with E-state index in [-0.39, 0.29) is 5.91 Å². The topological polar surface area (TPSA) is 67.6 Å². The lowest BCUT2D eigenvalue weighted by Gasteiger charge is -2.30. The van der Waals surface area contributed by atoms with E-state index in [0.717, 1.165) is 30.0 Å². The fourth-order valence-electron chi connectivity index (χ4n) is 3.25. The Labute approximate surface area is 164 Å². The average Bonchev–Trinajstić information content (AvgIpc) is 3.23. The van der Waals surface area contributed by atoms with Crippen molar-refractivity contribution >= 4 is 17.3 Å². The Balaban J connectivity index is 1.36. The van der Waals surface area contributed by atoms with Gasteiger partial charge in [-0.15, -0.1) is 0 Å². The van der Waals surface area contributed by atoms with Crippen LogP contribution in [0, 0.1) is 0 Å². The normalized spacial score (nSPS) is 14.1. The standard InChI is InChI=1S/C22H23N3O3/c26-21(10-11-22-23-16-20(28-22)17-6-2-1-3-7-17)24-18-8-4-5-9-19(18)25-12-14-27-15-13-25/h1-9,16H,10-15H2,(H,24,26). The number of nitrogens with zero attached hydrogens (tertiary/aromatic N) is 2. The van der Waals surface area contributed by atoms with Gasteiger partial charge in [0.05, 0.1) is 30.8 Å². The van der Waals surface area contributed by atoms with E-state index in [1.54, 1.807) is 6.20 Å². The monoisotopic (exact) mass is 377 g/mol. The molecule has 1 fully saturated rings. The van der Waals surface area contributed by atoms with Gasteiger partial charge in [-0.1, -0.05) is 42.5 Å². The number of hydrogen-bond acceptors (Lipinski definition) is 5. The molecule has 1 aliphatic rings. The number of para-hydroxylation sites is 2. The quantitative estimate of drug-likeness (QED) is 0.709. The van der Waals surface area contributed by atoms with Crippen LogP contribution in [0.2, 0.25) is 0 Å². The molecule has 1 saturated heterocycles. The zero-order valence-electron chi connectivity index (χ0n) is 15.6. The minimum Gasteiger partial charge on any atom is -0.441 e. The van der Waals surface area contributed by atoms with Gasteiger partial charge >= 0.3 is 0 Å². The third-order valence-electron chi connectivity index (χ3n) is 4.71. The molecule has 1 N–H and O–H groups in total. The molecule has 0 saturated carbocycles. The Morgan fingerprint density at radius 2 is 1.79 bits per heavy atom. The molecule has 3 aromatic rings. The summed E-state index contributed by atoms with van der Waals surface area (Å²) in [6.07, 6.45) is 2.47. The minimum absolute atomic E-state index is 0.0554. The molecule has 0 bridgehead atoms. The van der Waals surface area contributed by atoms with E-state index in [1.165, 1.54) is 0 Å². The van der Waals surface area contributed by atoms with Gasteiger partial charge in [0.1, 0.15) is 0 Å². The first-order valence-electron chi connectivity index (χ1n) is 9.51. The van der Waals surface area contributed by atoms with Crippen LogP contribution in [0.4, 0.5) is 11.4 Å². The van der Waals surface area contributed by atoms with Crippen LogP contribution in [-0.2, 0) is 16.0 Å². The van der Waals surface area contributed by atoms with E-state index in [2.05, 4.69) is 15.2 Å². The highest BCUT2D eigenvalue weighted by Gasteiger charge is 2.16. The van der Waals surface area contributed by atoms with Crippen LogP contribution in [-0.4, -0.2) is 37.2 Å². The molecule has 1 aliphatic heterocycles. The van der Waals surface area contributed by atoms with Crippen molar-refractivity contribution in [3.8, 4) is 11.3 Å². The SMILES string of the molecule is O=C(CCc1ncc(-c2ccccc2)o1)Nc1ccccc1N1CCOCC1. The van der Waals surface area contributed by atoms with E-state index in [1.807, 2.05) is 54.6 Å². The second kappa shape index (κ2) is 8.71. The number of aryl methyl sites for hydroxylation is 1. The third-order valence-corrected chi connectivity index (χ3v) is 4.71. The highest BCUT2D eigenvalue weighted by molar-refractivity contribution is 5.94. The highest BCUT2D eigenvalue weighted by atomic mass is 16.5. The van der Waals surface area contributed by atoms with E-state index < -0.39 is 0 Å². The van der Waals surface area contributed by atoms with Crippen molar-refractivity contribution in [3.05, 3.63) is 66.7 Å². The Morgan fingerprint density at radius 3 is 2.61 bits per heavy atom. The molecular formula is C22H23N3O3. The molecular weight excluding hydrogens is 354 g/mol. The Kier molecular flexibility index (Phi) is 5.68. The van der Waals surface area contributed by atoms with Crippen LogP contribution in [0.1, 0.15) is 12.3 Å². The number of anilines is 2. The van der Waals surface area contributed by atoms with Crippen molar-refractivity contribution in [3.63, 3.8) is 0 Å². The number of aromatic nitrogens is 1. The molecule has 0 aliphatic carbocycles. The largest absolute Gasteiger partial charge is 0.441 e. The molecule has 0 unspecified atom stereocenters. The van der Waals surface area contributed by atoms with Crippen LogP contribution in [0.25, 0.3) is 11.3 Å². The van der Waals surface area contributed by atoms with Gasteiger partial charge in [0.25, 0.3) is 0 Å². The maximum Gasteiger partial charge on any atom is 0.224 e. The number of benzene rings is 2. The van der Waals surface area contributed by atoms with Crippen molar-refractivity contribution in [2.24, 2.45) is 0 Å². The average molecular weight is 377 g/mol. The lowest BCUT2D eigenvalue weighted by molar-refractivity contribution is -0.116. The summed E-state index contributed by atoms with van der Waals surface area (Å²) >= 11 is 0. The predicted octanol–water partition coefficient (Wildman–Crippen LogP) is 3.75. The number of morpholine rings is 1. The molecule has 28 heavy (non-hydrogen) atoms. The molecule has 4 rings (SSSR count). The number of hydrogen-bond donors (Lipinski definition) is 1. The van der Waals surface area contributed by atoms with Crippen molar-refractivity contribution < 1.29 is 13.9 Å². The van der Waals surface area contributed by atoms with Gasteiger partial charge in [0, 0.05) is 31.5 Å². The number of carbonyl (C=O) groups excluding carboxylic acids is 1. The lowest BCUT2D eigenvalue weighted by atomic mass is 10.2. The number of oxazole rings is 1. The summed E-state index contributed by atoms with van der Waals surface area (Å²) in [4.78, 5) is 19.0. The first-order chi connectivity index (χ1) is 13.8. The van der Waals surface area contributed by atoms with Crippen LogP contribution in [0.5, 0.6) is 0 Å². The summed E-state index contributed by atoms with van der Waals surface area (Å²) in [5.41, 5.74) is 2.83. The number of carbonyl (C=O) groups is 1. The molecule has 2 heterocycles. The Bertz CT molecular complexity index is 918. The first-order valence-corrected chi connectivity index (χ1v) is 9.51. The molecule has 0 spiro atoms. The van der Waals surface area contributed by atoms with Gasteiger partial charge in [0.15, 0.2) is 11.7 Å². The first kappa shape index (κ1) is 18.3. The summed E-state index contributed by atoms with van der Waals surface area (Å²) in [5.74, 6) is 1.23. The smallest absolute Gasteiger partial charge is 0.224 e. The summed E-state index contributed by atoms with van der Waals surface area (Å²) in [6, 6.07) is 17.7. The number of ether oxygens (including phenoxy) is 1. The molecule has 0 radical (unpaired) electrons. The number of rotatable bonds is 6. The molecule has 1 amide bonds. The van der Waals surface area contributed by atoms with Gasteiger partial charge in [-0.3, -0.25) is 4.79 Å². The van der Waals surface area contributed by atoms with E-state index in [9.17, 15) is 4.79 Å². The maximum absolute atomic E-state index is 12.5. The van der Waals surface area contributed by atoms with Crippen molar-refractivity contribution in [1.82, 2.24) is 4.98 Å². The van der Waals surface area contributed by atoms with E-state index in [0.29, 0.717) is 37.7 Å². The van der Waals surface area contributed by atoms with Crippen molar-refractivity contribution in [2.75, 3.05) is 36.5 Å². The molecule has 1 aromatic heterocycles. The van der Waals surface area contributed by atoms with E-state index in [4.69, 9.17) is 9.15 Å². The fraction of sp³-hybridized carbons (Fsp3) is 0.273. The zero-order chi connectivity index (χ0) is 19.2. The molecule has 144 valence electrons. The molecule has 2 aromatic carbocycles.